The average Bonchev–Trinajstić information content (AvgIpc) is 3.27. The van der Waals surface area contributed by atoms with Gasteiger partial charge < -0.3 is 14.6 Å². The Labute approximate surface area is 175 Å². The van der Waals surface area contributed by atoms with Crippen LogP contribution in [0.5, 0.6) is 11.5 Å². The summed E-state index contributed by atoms with van der Waals surface area (Å²) in [7, 11) is -3.91. The maximum absolute atomic E-state index is 12.8. The third-order valence-electron chi connectivity index (χ3n) is 5.53. The molecule has 0 aromatic heterocycles. The summed E-state index contributed by atoms with van der Waals surface area (Å²) in [6.07, 6.45) is 2.32. The summed E-state index contributed by atoms with van der Waals surface area (Å²) in [5.74, 6) is -0.508. The van der Waals surface area contributed by atoms with E-state index in [2.05, 4.69) is 6.92 Å². The van der Waals surface area contributed by atoms with Crippen molar-refractivity contribution in [2.75, 3.05) is 6.61 Å². The fraction of sp³-hybridized carbons (Fsp3) is 0.409. The van der Waals surface area contributed by atoms with Crippen LogP contribution < -0.4 is 9.47 Å². The molecule has 0 spiro atoms. The summed E-state index contributed by atoms with van der Waals surface area (Å²) >= 11 is 0. The Kier molecular flexibility index (Phi) is 5.71. The van der Waals surface area contributed by atoms with Crippen molar-refractivity contribution in [1.29, 1.82) is 0 Å². The van der Waals surface area contributed by atoms with E-state index in [1.165, 1.54) is 0 Å². The number of aryl methyl sites for hydroxylation is 1. The number of carboxylic acids is 1. The van der Waals surface area contributed by atoms with Gasteiger partial charge in [0.05, 0.1) is 16.9 Å². The fourth-order valence-corrected chi connectivity index (χ4v) is 5.35. The SMILES string of the molecule is CCCc1ccc(S(=O)(=O)OC2CCC3Oc4c(OCC(=O)O)cccc4C32)cc1. The van der Waals surface area contributed by atoms with Gasteiger partial charge in [0.25, 0.3) is 10.1 Å². The van der Waals surface area contributed by atoms with Gasteiger partial charge in [0.15, 0.2) is 18.1 Å². The Balaban J connectivity index is 1.54. The molecule has 0 saturated heterocycles. The van der Waals surface area contributed by atoms with Crippen LogP contribution in [0.4, 0.5) is 0 Å². The van der Waals surface area contributed by atoms with Crippen LogP contribution in [0.2, 0.25) is 0 Å². The first-order valence-electron chi connectivity index (χ1n) is 10.1. The molecule has 0 radical (unpaired) electrons. The minimum atomic E-state index is -3.91. The summed E-state index contributed by atoms with van der Waals surface area (Å²) in [6, 6.07) is 12.1. The Hall–Kier alpha value is -2.58. The topological polar surface area (TPSA) is 99.1 Å². The van der Waals surface area contributed by atoms with Crippen LogP contribution in [-0.4, -0.2) is 38.3 Å². The van der Waals surface area contributed by atoms with E-state index >= 15 is 0 Å². The van der Waals surface area contributed by atoms with E-state index in [1.54, 1.807) is 24.3 Å². The molecule has 3 atom stereocenters. The highest BCUT2D eigenvalue weighted by Gasteiger charge is 2.48. The number of aliphatic carboxylic acids is 1. The zero-order valence-electron chi connectivity index (χ0n) is 16.6. The molecule has 7 nitrogen and oxygen atoms in total. The van der Waals surface area contributed by atoms with Crippen LogP contribution in [0.1, 0.15) is 43.2 Å². The number of carbonyl (C=O) groups is 1. The highest BCUT2D eigenvalue weighted by molar-refractivity contribution is 7.86. The van der Waals surface area contributed by atoms with Gasteiger partial charge in [-0.2, -0.15) is 8.42 Å². The van der Waals surface area contributed by atoms with Gasteiger partial charge in [0.2, 0.25) is 0 Å². The van der Waals surface area contributed by atoms with Crippen molar-refractivity contribution in [3.8, 4) is 11.5 Å². The molecule has 0 bridgehead atoms. The Bertz CT molecular complexity index is 1030. The lowest BCUT2D eigenvalue weighted by molar-refractivity contribution is -0.139. The highest BCUT2D eigenvalue weighted by atomic mass is 32.2. The number of fused-ring (bicyclic) bond motifs is 3. The summed E-state index contributed by atoms with van der Waals surface area (Å²) in [5, 5.41) is 8.86. The lowest BCUT2D eigenvalue weighted by atomic mass is 9.95. The van der Waals surface area contributed by atoms with Crippen molar-refractivity contribution >= 4 is 16.1 Å². The predicted octanol–water partition coefficient (Wildman–Crippen LogP) is 3.52. The molecule has 2 aromatic rings. The fourth-order valence-electron chi connectivity index (χ4n) is 4.22. The van der Waals surface area contributed by atoms with Gasteiger partial charge in [0, 0.05) is 5.56 Å². The van der Waals surface area contributed by atoms with E-state index in [4.69, 9.17) is 18.8 Å². The Morgan fingerprint density at radius 1 is 1.17 bits per heavy atom. The normalized spacial score (nSPS) is 22.2. The van der Waals surface area contributed by atoms with Crippen LogP contribution in [0, 0.1) is 0 Å². The van der Waals surface area contributed by atoms with Gasteiger partial charge in [-0.25, -0.2) is 4.79 Å². The van der Waals surface area contributed by atoms with Crippen molar-refractivity contribution in [2.24, 2.45) is 0 Å². The zero-order chi connectivity index (χ0) is 21.3. The monoisotopic (exact) mass is 432 g/mol. The standard InChI is InChI=1S/C22H24O7S/c1-2-4-14-7-9-15(10-8-14)30(25,26)29-18-12-11-17-21(18)16-5-3-6-19(22(16)28-17)27-13-20(23)24/h3,5-10,17-18,21H,2,4,11-13H2,1H3,(H,23,24). The highest BCUT2D eigenvalue weighted by Crippen LogP contribution is 2.52. The summed E-state index contributed by atoms with van der Waals surface area (Å²) < 4.78 is 42.7. The first-order chi connectivity index (χ1) is 14.4. The molecule has 1 fully saturated rings. The average molecular weight is 432 g/mol. The number of para-hydroxylation sites is 1. The van der Waals surface area contributed by atoms with Gasteiger partial charge in [-0.1, -0.05) is 37.6 Å². The maximum atomic E-state index is 12.8. The van der Waals surface area contributed by atoms with Crippen LogP contribution >= 0.6 is 0 Å². The van der Waals surface area contributed by atoms with Crippen molar-refractivity contribution in [3.05, 3.63) is 53.6 Å². The molecule has 1 N–H and O–H groups in total. The molecular formula is C22H24O7S. The largest absolute Gasteiger partial charge is 0.485 e. The van der Waals surface area contributed by atoms with Crippen LogP contribution in [0.25, 0.3) is 0 Å². The minimum absolute atomic E-state index is 0.142. The number of benzene rings is 2. The molecule has 4 rings (SSSR count). The zero-order valence-corrected chi connectivity index (χ0v) is 17.4. The first-order valence-corrected chi connectivity index (χ1v) is 11.5. The van der Waals surface area contributed by atoms with Crippen molar-refractivity contribution < 1.29 is 32.0 Å². The second-order valence-electron chi connectivity index (χ2n) is 7.60. The van der Waals surface area contributed by atoms with E-state index in [0.29, 0.717) is 24.3 Å². The minimum Gasteiger partial charge on any atom is -0.485 e. The lowest BCUT2D eigenvalue weighted by Gasteiger charge is -2.18. The van der Waals surface area contributed by atoms with E-state index in [0.717, 1.165) is 24.0 Å². The molecule has 1 aliphatic carbocycles. The molecule has 1 aliphatic heterocycles. The van der Waals surface area contributed by atoms with E-state index < -0.39 is 28.8 Å². The molecule has 160 valence electrons. The lowest BCUT2D eigenvalue weighted by Crippen LogP contribution is -2.24. The molecule has 8 heteroatoms. The van der Waals surface area contributed by atoms with Gasteiger partial charge in [-0.3, -0.25) is 4.18 Å². The summed E-state index contributed by atoms with van der Waals surface area (Å²) in [4.78, 5) is 11.0. The number of ether oxygens (including phenoxy) is 2. The Morgan fingerprint density at radius 3 is 2.63 bits per heavy atom. The van der Waals surface area contributed by atoms with Gasteiger partial charge in [0.1, 0.15) is 6.10 Å². The van der Waals surface area contributed by atoms with E-state index in [9.17, 15) is 13.2 Å². The number of hydrogen-bond donors (Lipinski definition) is 1. The van der Waals surface area contributed by atoms with Gasteiger partial charge in [-0.15, -0.1) is 0 Å². The number of rotatable bonds is 8. The Morgan fingerprint density at radius 2 is 1.93 bits per heavy atom. The van der Waals surface area contributed by atoms with Crippen molar-refractivity contribution in [2.45, 2.75) is 55.6 Å². The second kappa shape index (κ2) is 8.28. The maximum Gasteiger partial charge on any atom is 0.341 e. The second-order valence-corrected chi connectivity index (χ2v) is 9.17. The predicted molar refractivity (Wildman–Crippen MR) is 108 cm³/mol. The van der Waals surface area contributed by atoms with Gasteiger partial charge >= 0.3 is 5.97 Å². The summed E-state index contributed by atoms with van der Waals surface area (Å²) in [5.41, 5.74) is 1.88. The quantitative estimate of drug-likeness (QED) is 0.637. The van der Waals surface area contributed by atoms with Crippen molar-refractivity contribution in [3.63, 3.8) is 0 Å². The smallest absolute Gasteiger partial charge is 0.341 e. The van der Waals surface area contributed by atoms with Crippen molar-refractivity contribution in [1.82, 2.24) is 0 Å². The molecule has 0 amide bonds. The molecular weight excluding hydrogens is 408 g/mol. The summed E-state index contributed by atoms with van der Waals surface area (Å²) in [6.45, 7) is 1.60. The van der Waals surface area contributed by atoms with Gasteiger partial charge in [-0.05, 0) is 43.0 Å². The number of hydrogen-bond acceptors (Lipinski definition) is 6. The first kappa shape index (κ1) is 20.7. The third-order valence-corrected chi connectivity index (χ3v) is 6.88. The van der Waals surface area contributed by atoms with Crippen LogP contribution in [0.15, 0.2) is 47.4 Å². The third kappa shape index (κ3) is 4.02. The number of carboxylic acid groups (broad SMARTS) is 1. The molecule has 30 heavy (non-hydrogen) atoms. The van der Waals surface area contributed by atoms with E-state index in [1.807, 2.05) is 18.2 Å². The van der Waals surface area contributed by atoms with Crippen LogP contribution in [-0.2, 0) is 25.5 Å². The molecule has 3 unspecified atom stereocenters. The molecule has 1 heterocycles. The van der Waals surface area contributed by atoms with E-state index in [-0.39, 0.29) is 16.9 Å². The van der Waals surface area contributed by atoms with Crippen LogP contribution in [0.3, 0.4) is 0 Å². The molecule has 2 aromatic carbocycles. The molecule has 2 aliphatic rings. The molecule has 1 saturated carbocycles.